The summed E-state index contributed by atoms with van der Waals surface area (Å²) in [6.07, 6.45) is 7.60. The summed E-state index contributed by atoms with van der Waals surface area (Å²) in [6, 6.07) is 17.2. The lowest BCUT2D eigenvalue weighted by atomic mass is 10.1. The number of rotatable bonds is 7. The van der Waals surface area contributed by atoms with Crippen molar-refractivity contribution in [2.75, 3.05) is 18.9 Å². The molecule has 0 bridgehead atoms. The van der Waals surface area contributed by atoms with E-state index in [1.54, 1.807) is 18.1 Å². The van der Waals surface area contributed by atoms with Gasteiger partial charge < -0.3 is 10.2 Å². The average molecular weight is 545 g/mol. The van der Waals surface area contributed by atoms with Gasteiger partial charge in [-0.3, -0.25) is 9.78 Å². The number of hydrogen-bond acceptors (Lipinski definition) is 5. The Bertz CT molecular complexity index is 1570. The first-order valence-electron chi connectivity index (χ1n) is 12.6. The maximum absolute atomic E-state index is 13.1. The number of carbonyl (C=O) groups excluding carboxylic acids is 1. The van der Waals surface area contributed by atoms with Gasteiger partial charge in [-0.25, -0.2) is 4.98 Å². The minimum absolute atomic E-state index is 0.103. The van der Waals surface area contributed by atoms with Gasteiger partial charge in [-0.2, -0.15) is 9.61 Å². The highest BCUT2D eigenvalue weighted by atomic mass is 35.5. The fourth-order valence-electron chi connectivity index (χ4n) is 4.57. The number of allylic oxidation sites excluding steroid dienone is 2. The van der Waals surface area contributed by atoms with Crippen LogP contribution in [0.25, 0.3) is 17.0 Å². The molecular formula is C29H26Cl2N6O. The third kappa shape index (κ3) is 5.04. The first kappa shape index (κ1) is 24.6. The van der Waals surface area contributed by atoms with Crippen LogP contribution in [0, 0.1) is 0 Å². The van der Waals surface area contributed by atoms with Gasteiger partial charge in [-0.1, -0.05) is 35.3 Å². The molecule has 1 saturated carbocycles. The van der Waals surface area contributed by atoms with Crippen molar-refractivity contribution in [3.8, 4) is 11.4 Å². The molecule has 1 fully saturated rings. The number of likely N-dealkylation sites (N-methyl/N-ethyl adjacent to an activating group) is 1. The minimum atomic E-state index is -0.103. The van der Waals surface area contributed by atoms with Gasteiger partial charge in [0.25, 0.3) is 5.91 Å². The number of fused-ring (bicyclic) bond motifs is 1. The summed E-state index contributed by atoms with van der Waals surface area (Å²) in [4.78, 5) is 24.0. The molecule has 38 heavy (non-hydrogen) atoms. The third-order valence-electron chi connectivity index (χ3n) is 6.82. The van der Waals surface area contributed by atoms with Crippen LogP contribution in [0.15, 0.2) is 82.5 Å². The van der Waals surface area contributed by atoms with Crippen molar-refractivity contribution in [1.29, 1.82) is 0 Å². The number of aromatic nitrogens is 4. The number of nitrogens with one attached hydrogen (secondary N) is 1. The summed E-state index contributed by atoms with van der Waals surface area (Å²) in [6.45, 7) is 0.362. The Morgan fingerprint density at radius 2 is 1.92 bits per heavy atom. The van der Waals surface area contributed by atoms with Gasteiger partial charge in [-0.05, 0) is 62.1 Å². The zero-order chi connectivity index (χ0) is 26.2. The summed E-state index contributed by atoms with van der Waals surface area (Å²) < 4.78 is 1.84. The van der Waals surface area contributed by atoms with E-state index in [0.717, 1.165) is 65.5 Å². The molecule has 192 valence electrons. The molecule has 0 aliphatic heterocycles. The van der Waals surface area contributed by atoms with Crippen LogP contribution in [0.2, 0.25) is 0 Å². The van der Waals surface area contributed by atoms with Crippen LogP contribution in [0.4, 0.5) is 11.5 Å². The van der Waals surface area contributed by atoms with Gasteiger partial charge in [0.15, 0.2) is 5.65 Å². The SMILES string of the molecule is CN(CC1=C(Cl)CCC=C1Cl)C(=O)c1ccc(Nc2cc(-c3ccccn3)nc3cc(C4CC4)nn23)cc1. The van der Waals surface area contributed by atoms with Crippen LogP contribution in [0.5, 0.6) is 0 Å². The van der Waals surface area contributed by atoms with Crippen LogP contribution in [0.3, 0.4) is 0 Å². The molecule has 9 heteroatoms. The van der Waals surface area contributed by atoms with Crippen LogP contribution in [0.1, 0.15) is 47.7 Å². The molecular weight excluding hydrogens is 519 g/mol. The molecule has 1 amide bonds. The number of pyridine rings is 1. The monoisotopic (exact) mass is 544 g/mol. The van der Waals surface area contributed by atoms with E-state index in [9.17, 15) is 4.79 Å². The number of anilines is 2. The highest BCUT2D eigenvalue weighted by Gasteiger charge is 2.27. The Labute approximate surface area is 230 Å². The predicted molar refractivity (Wildman–Crippen MR) is 151 cm³/mol. The predicted octanol–water partition coefficient (Wildman–Crippen LogP) is 6.89. The maximum Gasteiger partial charge on any atom is 0.253 e. The van der Waals surface area contributed by atoms with E-state index >= 15 is 0 Å². The maximum atomic E-state index is 13.1. The highest BCUT2D eigenvalue weighted by Crippen LogP contribution is 2.40. The Morgan fingerprint density at radius 1 is 1.11 bits per heavy atom. The molecule has 3 aromatic heterocycles. The first-order chi connectivity index (χ1) is 18.5. The molecule has 2 aliphatic rings. The van der Waals surface area contributed by atoms with E-state index < -0.39 is 0 Å². The quantitative estimate of drug-likeness (QED) is 0.274. The van der Waals surface area contributed by atoms with Gasteiger partial charge in [0.1, 0.15) is 5.82 Å². The fraction of sp³-hybridized carbons (Fsp3) is 0.241. The molecule has 1 N–H and O–H groups in total. The molecule has 0 radical (unpaired) electrons. The lowest BCUT2D eigenvalue weighted by Gasteiger charge is -2.22. The Morgan fingerprint density at radius 3 is 2.63 bits per heavy atom. The van der Waals surface area contributed by atoms with Crippen molar-refractivity contribution < 1.29 is 4.79 Å². The largest absolute Gasteiger partial charge is 0.340 e. The molecule has 4 aromatic rings. The van der Waals surface area contributed by atoms with E-state index in [2.05, 4.69) is 16.4 Å². The van der Waals surface area contributed by atoms with Crippen molar-refractivity contribution in [2.24, 2.45) is 0 Å². The van der Waals surface area contributed by atoms with Gasteiger partial charge in [0.2, 0.25) is 0 Å². The Hall–Kier alpha value is -3.68. The summed E-state index contributed by atoms with van der Waals surface area (Å²) in [5, 5.41) is 9.62. The lowest BCUT2D eigenvalue weighted by molar-refractivity contribution is 0.0807. The Balaban J connectivity index is 1.25. The summed E-state index contributed by atoms with van der Waals surface area (Å²) in [7, 11) is 1.76. The van der Waals surface area contributed by atoms with Crippen LogP contribution in [-0.4, -0.2) is 44.0 Å². The van der Waals surface area contributed by atoms with Crippen molar-refractivity contribution in [3.63, 3.8) is 0 Å². The van der Waals surface area contributed by atoms with E-state index in [1.165, 1.54) is 0 Å². The number of halogens is 2. The average Bonchev–Trinajstić information content (AvgIpc) is 3.70. The van der Waals surface area contributed by atoms with E-state index in [-0.39, 0.29) is 5.91 Å². The molecule has 6 rings (SSSR count). The zero-order valence-corrected chi connectivity index (χ0v) is 22.4. The number of carbonyl (C=O) groups is 1. The molecule has 0 saturated heterocycles. The summed E-state index contributed by atoms with van der Waals surface area (Å²) in [5.41, 5.74) is 5.61. The van der Waals surface area contributed by atoms with Gasteiger partial charge in [-0.15, -0.1) is 0 Å². The smallest absolute Gasteiger partial charge is 0.253 e. The standard InChI is InChI=1S/C29H26Cl2N6O/c1-36(17-21-22(30)5-4-6-23(21)31)29(38)19-10-12-20(13-11-19)33-27-16-26(24-7-2-3-14-32-24)34-28-15-25(18-8-9-18)35-37(27)28/h2-3,5,7,10-16,18,33H,4,6,8-9,17H2,1H3. The number of benzene rings is 1. The van der Waals surface area contributed by atoms with E-state index in [4.69, 9.17) is 33.3 Å². The zero-order valence-electron chi connectivity index (χ0n) is 20.9. The van der Waals surface area contributed by atoms with Crippen molar-refractivity contribution >= 4 is 46.3 Å². The Kier molecular flexibility index (Phi) is 6.64. The third-order valence-corrected chi connectivity index (χ3v) is 7.62. The number of nitrogens with zero attached hydrogens (tertiary/aromatic N) is 5. The second-order valence-corrected chi connectivity index (χ2v) is 10.6. The van der Waals surface area contributed by atoms with Gasteiger partial charge in [0, 0.05) is 64.7 Å². The van der Waals surface area contributed by atoms with Crippen molar-refractivity contribution in [1.82, 2.24) is 24.5 Å². The number of amides is 1. The topological polar surface area (TPSA) is 75.4 Å². The normalized spacial score (nSPS) is 15.5. The molecule has 2 aliphatic carbocycles. The van der Waals surface area contributed by atoms with Crippen molar-refractivity contribution in [3.05, 3.63) is 93.8 Å². The number of hydrogen-bond donors (Lipinski definition) is 1. The van der Waals surface area contributed by atoms with Gasteiger partial charge in [0.05, 0.1) is 17.1 Å². The highest BCUT2D eigenvalue weighted by molar-refractivity contribution is 6.36. The summed E-state index contributed by atoms with van der Waals surface area (Å²) in [5.74, 6) is 1.18. The second kappa shape index (κ2) is 10.2. The van der Waals surface area contributed by atoms with Crippen LogP contribution in [-0.2, 0) is 0 Å². The summed E-state index contributed by atoms with van der Waals surface area (Å²) >= 11 is 12.7. The molecule has 0 spiro atoms. The molecule has 0 unspecified atom stereocenters. The van der Waals surface area contributed by atoms with Crippen molar-refractivity contribution in [2.45, 2.75) is 31.6 Å². The van der Waals surface area contributed by atoms with Crippen LogP contribution < -0.4 is 5.32 Å². The van der Waals surface area contributed by atoms with Crippen LogP contribution >= 0.6 is 23.2 Å². The van der Waals surface area contributed by atoms with E-state index in [0.29, 0.717) is 28.1 Å². The van der Waals surface area contributed by atoms with E-state index in [1.807, 2.05) is 59.1 Å². The molecule has 0 atom stereocenters. The molecule has 3 heterocycles. The first-order valence-corrected chi connectivity index (χ1v) is 13.4. The van der Waals surface area contributed by atoms with Gasteiger partial charge >= 0.3 is 0 Å². The fourth-order valence-corrected chi connectivity index (χ4v) is 5.17. The lowest BCUT2D eigenvalue weighted by Crippen LogP contribution is -2.29. The minimum Gasteiger partial charge on any atom is -0.340 e. The molecule has 1 aromatic carbocycles. The second-order valence-electron chi connectivity index (χ2n) is 9.69. The molecule has 7 nitrogen and oxygen atoms in total.